The van der Waals surface area contributed by atoms with Gasteiger partial charge < -0.3 is 0 Å². The Hall–Kier alpha value is -0.120. The second-order valence-corrected chi connectivity index (χ2v) is 3.36. The highest BCUT2D eigenvalue weighted by atomic mass is 16.7. The van der Waals surface area contributed by atoms with Gasteiger partial charge in [0.05, 0.1) is 6.10 Å². The number of nitrogens with zero attached hydrogens (tertiary/aromatic N) is 1. The van der Waals surface area contributed by atoms with Crippen LogP contribution in [0.5, 0.6) is 0 Å². The Balaban J connectivity index is 2.05. The summed E-state index contributed by atoms with van der Waals surface area (Å²) in [5, 5.41) is 1.83. The third kappa shape index (κ3) is 3.70. The molecule has 1 saturated carbocycles. The monoisotopic (exact) mass is 158 g/mol. The Morgan fingerprint density at radius 2 is 1.82 bits per heavy atom. The molecule has 1 aliphatic carbocycles. The highest BCUT2D eigenvalue weighted by Crippen LogP contribution is 2.19. The van der Waals surface area contributed by atoms with E-state index in [0.29, 0.717) is 6.10 Å². The number of rotatable bonds is 3. The van der Waals surface area contributed by atoms with Crippen LogP contribution >= 0.6 is 0 Å². The predicted molar refractivity (Wildman–Crippen MR) is 44.8 cm³/mol. The molecule has 0 heterocycles. The molecule has 1 aliphatic rings. The normalized spacial score (nSPS) is 21.0. The molecule has 66 valence electrons. The molecule has 0 unspecified atom stereocenters. The van der Waals surface area contributed by atoms with E-state index in [1.54, 1.807) is 0 Å². The van der Waals surface area contributed by atoms with Gasteiger partial charge in [0, 0.05) is 14.1 Å². The van der Waals surface area contributed by atoms with E-state index >= 15 is 0 Å². The first-order chi connectivity index (χ1) is 5.29. The van der Waals surface area contributed by atoms with Crippen molar-refractivity contribution in [3.8, 4) is 0 Å². The summed E-state index contributed by atoms with van der Waals surface area (Å²) in [4.78, 5) is 5.42. The first-order valence-electron chi connectivity index (χ1n) is 4.37. The predicted octanol–water partition coefficient (Wildman–Crippen LogP) is 1.32. The summed E-state index contributed by atoms with van der Waals surface area (Å²) in [6.07, 6.45) is 6.87. The summed E-state index contributed by atoms with van der Waals surface area (Å²) in [5.74, 6) is 0. The van der Waals surface area contributed by atoms with Gasteiger partial charge in [-0.3, -0.25) is 4.84 Å². The van der Waals surface area contributed by atoms with E-state index < -0.39 is 0 Å². The molecule has 1 rings (SSSR count). The van der Waals surface area contributed by atoms with Gasteiger partial charge in [0.1, 0.15) is 0 Å². The van der Waals surface area contributed by atoms with E-state index in [0.717, 1.165) is 0 Å². The van der Waals surface area contributed by atoms with Crippen molar-refractivity contribution in [2.75, 3.05) is 14.1 Å². The van der Waals surface area contributed by atoms with Crippen molar-refractivity contribution < 1.29 is 4.84 Å². The van der Waals surface area contributed by atoms with Crippen LogP contribution in [0.2, 0.25) is 0 Å². The quantitative estimate of drug-likeness (QED) is 0.627. The second-order valence-electron chi connectivity index (χ2n) is 3.36. The van der Waals surface area contributed by atoms with Crippen molar-refractivity contribution in [2.45, 2.75) is 38.2 Å². The lowest BCUT2D eigenvalue weighted by molar-refractivity contribution is -0.115. The Bertz CT molecular complexity index is 100. The zero-order valence-corrected chi connectivity index (χ0v) is 7.47. The van der Waals surface area contributed by atoms with E-state index in [-0.39, 0.29) is 0 Å². The van der Waals surface area contributed by atoms with Crippen LogP contribution in [-0.2, 0) is 4.84 Å². The minimum Gasteiger partial charge on any atom is -0.284 e. The SMILES string of the molecule is CN(C)NOC1CCCCC1. The maximum atomic E-state index is 5.42. The van der Waals surface area contributed by atoms with Gasteiger partial charge in [-0.05, 0) is 12.8 Å². The molecule has 0 aromatic heterocycles. The lowest BCUT2D eigenvalue weighted by Gasteiger charge is -2.23. The number of hydrogen-bond acceptors (Lipinski definition) is 3. The number of hydrogen-bond donors (Lipinski definition) is 1. The summed E-state index contributed by atoms with van der Waals surface area (Å²) in [6.45, 7) is 0. The molecule has 0 atom stereocenters. The summed E-state index contributed by atoms with van der Waals surface area (Å²) in [6, 6.07) is 0. The molecule has 3 heteroatoms. The molecule has 1 N–H and O–H groups in total. The third-order valence-electron chi connectivity index (χ3n) is 1.95. The first kappa shape index (κ1) is 8.97. The van der Waals surface area contributed by atoms with Gasteiger partial charge in [-0.2, -0.15) is 0 Å². The highest BCUT2D eigenvalue weighted by Gasteiger charge is 2.13. The Kier molecular flexibility index (Phi) is 3.83. The molecule has 11 heavy (non-hydrogen) atoms. The molecule has 0 aliphatic heterocycles. The molecule has 3 nitrogen and oxygen atoms in total. The van der Waals surface area contributed by atoms with E-state index in [1.165, 1.54) is 32.1 Å². The Morgan fingerprint density at radius 3 is 2.36 bits per heavy atom. The summed E-state index contributed by atoms with van der Waals surface area (Å²) < 4.78 is 0. The number of nitrogens with one attached hydrogen (secondary N) is 1. The zero-order chi connectivity index (χ0) is 8.10. The Labute approximate surface area is 68.6 Å². The van der Waals surface area contributed by atoms with E-state index in [9.17, 15) is 0 Å². The van der Waals surface area contributed by atoms with Crippen LogP contribution in [0.3, 0.4) is 0 Å². The van der Waals surface area contributed by atoms with Crippen LogP contribution in [-0.4, -0.2) is 25.2 Å². The van der Waals surface area contributed by atoms with Crippen molar-refractivity contribution in [2.24, 2.45) is 0 Å². The molecular formula is C8H18N2O. The largest absolute Gasteiger partial charge is 0.284 e. The standard InChI is InChI=1S/C8H18N2O/c1-10(2)9-11-8-6-4-3-5-7-8/h8-9H,3-7H2,1-2H3. The molecule has 1 fully saturated rings. The van der Waals surface area contributed by atoms with Gasteiger partial charge in [0.25, 0.3) is 0 Å². The summed E-state index contributed by atoms with van der Waals surface area (Å²) >= 11 is 0. The average molecular weight is 158 g/mol. The molecule has 0 saturated heterocycles. The molecule has 0 radical (unpaired) electrons. The van der Waals surface area contributed by atoms with Gasteiger partial charge in [-0.1, -0.05) is 19.3 Å². The van der Waals surface area contributed by atoms with Crippen molar-refractivity contribution in [3.63, 3.8) is 0 Å². The molecule has 0 spiro atoms. The molecule has 0 aromatic rings. The fourth-order valence-corrected chi connectivity index (χ4v) is 1.36. The topological polar surface area (TPSA) is 24.5 Å². The fraction of sp³-hybridized carbons (Fsp3) is 1.00. The van der Waals surface area contributed by atoms with E-state index in [2.05, 4.69) is 5.59 Å². The molecular weight excluding hydrogens is 140 g/mol. The van der Waals surface area contributed by atoms with Crippen LogP contribution in [0.25, 0.3) is 0 Å². The lowest BCUT2D eigenvalue weighted by atomic mass is 9.98. The van der Waals surface area contributed by atoms with Gasteiger partial charge in [-0.15, -0.1) is 5.59 Å². The van der Waals surface area contributed by atoms with E-state index in [1.807, 2.05) is 19.1 Å². The zero-order valence-electron chi connectivity index (χ0n) is 7.47. The van der Waals surface area contributed by atoms with Gasteiger partial charge in [0.2, 0.25) is 0 Å². The minimum absolute atomic E-state index is 0.436. The van der Waals surface area contributed by atoms with Crippen molar-refractivity contribution in [3.05, 3.63) is 0 Å². The van der Waals surface area contributed by atoms with Gasteiger partial charge >= 0.3 is 0 Å². The van der Waals surface area contributed by atoms with Crippen LogP contribution in [0.4, 0.5) is 0 Å². The maximum Gasteiger partial charge on any atom is 0.0806 e. The van der Waals surface area contributed by atoms with Gasteiger partial charge in [0.15, 0.2) is 0 Å². The molecule has 0 amide bonds. The summed E-state index contributed by atoms with van der Waals surface area (Å²) in [5.41, 5.74) is 2.85. The van der Waals surface area contributed by atoms with Crippen molar-refractivity contribution >= 4 is 0 Å². The summed E-state index contributed by atoms with van der Waals surface area (Å²) in [7, 11) is 3.87. The maximum absolute atomic E-state index is 5.42. The lowest BCUT2D eigenvalue weighted by Crippen LogP contribution is -2.35. The fourth-order valence-electron chi connectivity index (χ4n) is 1.36. The van der Waals surface area contributed by atoms with Crippen LogP contribution in [0, 0.1) is 0 Å². The van der Waals surface area contributed by atoms with Crippen molar-refractivity contribution in [1.82, 2.24) is 10.6 Å². The smallest absolute Gasteiger partial charge is 0.0806 e. The Morgan fingerprint density at radius 1 is 1.18 bits per heavy atom. The first-order valence-corrected chi connectivity index (χ1v) is 4.37. The highest BCUT2D eigenvalue weighted by molar-refractivity contribution is 4.63. The average Bonchev–Trinajstić information content (AvgIpc) is 2.03. The van der Waals surface area contributed by atoms with E-state index in [4.69, 9.17) is 4.84 Å². The van der Waals surface area contributed by atoms with Gasteiger partial charge in [-0.25, -0.2) is 5.01 Å². The number of hydrazine groups is 1. The van der Waals surface area contributed by atoms with Crippen LogP contribution in [0.15, 0.2) is 0 Å². The molecule has 0 aromatic carbocycles. The minimum atomic E-state index is 0.436. The van der Waals surface area contributed by atoms with Crippen LogP contribution in [0.1, 0.15) is 32.1 Å². The third-order valence-corrected chi connectivity index (χ3v) is 1.95. The second kappa shape index (κ2) is 4.70. The molecule has 0 bridgehead atoms. The van der Waals surface area contributed by atoms with Crippen LogP contribution < -0.4 is 5.59 Å². The van der Waals surface area contributed by atoms with Crippen molar-refractivity contribution in [1.29, 1.82) is 0 Å².